The van der Waals surface area contributed by atoms with Crippen LogP contribution >= 0.6 is 40.3 Å². The van der Waals surface area contributed by atoms with Crippen molar-refractivity contribution in [1.82, 2.24) is 4.98 Å². The SMILES string of the molecule is SCC1(CSc2ccc(Br)cn2)CCCC1. The second kappa shape index (κ2) is 5.78. The average molecular weight is 318 g/mol. The van der Waals surface area contributed by atoms with E-state index < -0.39 is 0 Å². The molecule has 0 aliphatic heterocycles. The molecule has 2 rings (SSSR count). The second-order valence-corrected chi connectivity index (χ2v) is 6.70. The molecule has 0 bridgehead atoms. The van der Waals surface area contributed by atoms with E-state index in [2.05, 4.69) is 45.7 Å². The van der Waals surface area contributed by atoms with Crippen LogP contribution in [-0.2, 0) is 0 Å². The van der Waals surface area contributed by atoms with Crippen molar-refractivity contribution in [3.63, 3.8) is 0 Å². The molecule has 88 valence electrons. The van der Waals surface area contributed by atoms with Crippen LogP contribution in [0, 0.1) is 5.41 Å². The van der Waals surface area contributed by atoms with Crippen molar-refractivity contribution in [2.75, 3.05) is 11.5 Å². The number of aromatic nitrogens is 1. The lowest BCUT2D eigenvalue weighted by Crippen LogP contribution is -2.21. The molecule has 1 fully saturated rings. The predicted molar refractivity (Wildman–Crippen MR) is 77.4 cm³/mol. The Balaban J connectivity index is 1.93. The van der Waals surface area contributed by atoms with E-state index in [4.69, 9.17) is 0 Å². The monoisotopic (exact) mass is 317 g/mol. The van der Waals surface area contributed by atoms with Gasteiger partial charge in [0.25, 0.3) is 0 Å². The van der Waals surface area contributed by atoms with E-state index in [1.54, 1.807) is 0 Å². The molecule has 0 aromatic carbocycles. The van der Waals surface area contributed by atoms with Gasteiger partial charge >= 0.3 is 0 Å². The van der Waals surface area contributed by atoms with Gasteiger partial charge in [-0.05, 0) is 52.1 Å². The minimum atomic E-state index is 0.461. The quantitative estimate of drug-likeness (QED) is 0.652. The third-order valence-corrected chi connectivity index (χ3v) is 5.66. The van der Waals surface area contributed by atoms with E-state index in [0.29, 0.717) is 5.41 Å². The Kier molecular flexibility index (Phi) is 4.62. The average Bonchev–Trinajstić information content (AvgIpc) is 2.78. The highest BCUT2D eigenvalue weighted by atomic mass is 79.9. The van der Waals surface area contributed by atoms with Crippen LogP contribution in [0.4, 0.5) is 0 Å². The minimum absolute atomic E-state index is 0.461. The molecular formula is C12H16BrNS2. The first-order valence-corrected chi connectivity index (χ1v) is 8.00. The fraction of sp³-hybridized carbons (Fsp3) is 0.583. The molecule has 1 nitrogen and oxygen atoms in total. The maximum Gasteiger partial charge on any atom is 0.0960 e. The van der Waals surface area contributed by atoms with Gasteiger partial charge < -0.3 is 0 Å². The van der Waals surface area contributed by atoms with E-state index >= 15 is 0 Å². The zero-order chi connectivity index (χ0) is 11.4. The highest BCUT2D eigenvalue weighted by Crippen LogP contribution is 2.42. The van der Waals surface area contributed by atoms with Crippen LogP contribution < -0.4 is 0 Å². The second-order valence-electron chi connectivity index (χ2n) is 4.47. The molecule has 0 radical (unpaired) electrons. The van der Waals surface area contributed by atoms with Crippen LogP contribution in [0.2, 0.25) is 0 Å². The summed E-state index contributed by atoms with van der Waals surface area (Å²) in [5.41, 5.74) is 0.461. The molecule has 1 aliphatic carbocycles. The van der Waals surface area contributed by atoms with Crippen LogP contribution in [0.1, 0.15) is 25.7 Å². The highest BCUT2D eigenvalue weighted by Gasteiger charge is 2.32. The van der Waals surface area contributed by atoms with Gasteiger partial charge in [0.1, 0.15) is 0 Å². The van der Waals surface area contributed by atoms with Gasteiger partial charge in [-0.15, -0.1) is 11.8 Å². The highest BCUT2D eigenvalue weighted by molar-refractivity contribution is 9.10. The van der Waals surface area contributed by atoms with Crippen molar-refractivity contribution in [1.29, 1.82) is 0 Å². The molecule has 0 atom stereocenters. The Morgan fingerprint density at radius 1 is 1.38 bits per heavy atom. The lowest BCUT2D eigenvalue weighted by molar-refractivity contribution is 0.403. The zero-order valence-electron chi connectivity index (χ0n) is 9.16. The molecule has 1 aliphatic rings. The summed E-state index contributed by atoms with van der Waals surface area (Å²) in [5.74, 6) is 2.17. The molecule has 1 saturated carbocycles. The number of nitrogens with zero attached hydrogens (tertiary/aromatic N) is 1. The third-order valence-electron chi connectivity index (χ3n) is 3.23. The molecule has 16 heavy (non-hydrogen) atoms. The van der Waals surface area contributed by atoms with Crippen molar-refractivity contribution >= 4 is 40.3 Å². The summed E-state index contributed by atoms with van der Waals surface area (Å²) >= 11 is 9.80. The molecule has 0 amide bonds. The smallest absolute Gasteiger partial charge is 0.0960 e. The van der Waals surface area contributed by atoms with E-state index in [1.807, 2.05) is 18.0 Å². The van der Waals surface area contributed by atoms with Crippen LogP contribution in [0.3, 0.4) is 0 Å². The molecule has 0 unspecified atom stereocenters. The summed E-state index contributed by atoms with van der Waals surface area (Å²) in [6.45, 7) is 0. The van der Waals surface area contributed by atoms with Crippen LogP contribution in [0.5, 0.6) is 0 Å². The molecular weight excluding hydrogens is 302 g/mol. The Morgan fingerprint density at radius 2 is 2.12 bits per heavy atom. The fourth-order valence-corrected chi connectivity index (χ4v) is 4.10. The van der Waals surface area contributed by atoms with Crippen molar-refractivity contribution in [2.45, 2.75) is 30.7 Å². The van der Waals surface area contributed by atoms with E-state index in [-0.39, 0.29) is 0 Å². The topological polar surface area (TPSA) is 12.9 Å². The Morgan fingerprint density at radius 3 is 2.69 bits per heavy atom. The predicted octanol–water partition coefficient (Wildman–Crippen LogP) is 4.43. The number of pyridine rings is 1. The summed E-state index contributed by atoms with van der Waals surface area (Å²) in [7, 11) is 0. The van der Waals surface area contributed by atoms with Gasteiger partial charge in [0.05, 0.1) is 5.03 Å². The number of hydrogen-bond donors (Lipinski definition) is 1. The van der Waals surface area contributed by atoms with Gasteiger partial charge in [0.2, 0.25) is 0 Å². The van der Waals surface area contributed by atoms with Crippen LogP contribution in [0.25, 0.3) is 0 Å². The number of hydrogen-bond acceptors (Lipinski definition) is 3. The normalized spacial score (nSPS) is 18.9. The van der Waals surface area contributed by atoms with Crippen molar-refractivity contribution < 1.29 is 0 Å². The molecule has 1 aromatic heterocycles. The lowest BCUT2D eigenvalue weighted by Gasteiger charge is -2.25. The zero-order valence-corrected chi connectivity index (χ0v) is 12.5. The van der Waals surface area contributed by atoms with Crippen LogP contribution in [-0.4, -0.2) is 16.5 Å². The van der Waals surface area contributed by atoms with E-state index in [1.165, 1.54) is 25.7 Å². The van der Waals surface area contributed by atoms with Crippen molar-refractivity contribution in [2.24, 2.45) is 5.41 Å². The third kappa shape index (κ3) is 3.17. The number of thiol groups is 1. The maximum atomic E-state index is 4.52. The largest absolute Gasteiger partial charge is 0.249 e. The van der Waals surface area contributed by atoms with Gasteiger partial charge in [0, 0.05) is 16.4 Å². The van der Waals surface area contributed by atoms with Gasteiger partial charge in [-0.3, -0.25) is 0 Å². The van der Waals surface area contributed by atoms with Gasteiger partial charge in [-0.2, -0.15) is 12.6 Å². The first-order valence-electron chi connectivity index (χ1n) is 5.59. The van der Waals surface area contributed by atoms with Crippen molar-refractivity contribution in [3.8, 4) is 0 Å². The van der Waals surface area contributed by atoms with Crippen molar-refractivity contribution in [3.05, 3.63) is 22.8 Å². The van der Waals surface area contributed by atoms with Gasteiger partial charge in [0.15, 0.2) is 0 Å². The fourth-order valence-electron chi connectivity index (χ4n) is 2.15. The Bertz CT molecular complexity index is 333. The molecule has 1 heterocycles. The summed E-state index contributed by atoms with van der Waals surface area (Å²) in [4.78, 5) is 4.40. The molecule has 0 N–H and O–H groups in total. The van der Waals surface area contributed by atoms with Gasteiger partial charge in [-0.25, -0.2) is 4.98 Å². The number of halogens is 1. The first-order chi connectivity index (χ1) is 7.74. The van der Waals surface area contributed by atoms with Crippen LogP contribution in [0.15, 0.2) is 27.8 Å². The number of thioether (sulfide) groups is 1. The number of rotatable bonds is 4. The summed E-state index contributed by atoms with van der Waals surface area (Å²) in [6, 6.07) is 4.13. The summed E-state index contributed by atoms with van der Waals surface area (Å²) in [5, 5.41) is 1.12. The van der Waals surface area contributed by atoms with Gasteiger partial charge in [-0.1, -0.05) is 12.8 Å². The standard InChI is InChI=1S/C12H16BrNS2/c13-10-3-4-11(14-7-10)16-9-12(8-15)5-1-2-6-12/h3-4,7,15H,1-2,5-6,8-9H2. The first kappa shape index (κ1) is 12.8. The maximum absolute atomic E-state index is 4.52. The Labute approximate surface area is 115 Å². The van der Waals surface area contributed by atoms with E-state index in [0.717, 1.165) is 21.0 Å². The summed E-state index contributed by atoms with van der Waals surface area (Å²) < 4.78 is 1.04. The lowest BCUT2D eigenvalue weighted by atomic mass is 9.91. The minimum Gasteiger partial charge on any atom is -0.249 e. The molecule has 0 spiro atoms. The molecule has 0 saturated heterocycles. The summed E-state index contributed by atoms with van der Waals surface area (Å²) in [6.07, 6.45) is 7.27. The van der Waals surface area contributed by atoms with E-state index in [9.17, 15) is 0 Å². The Hall–Kier alpha value is 0.330. The molecule has 1 aromatic rings. The molecule has 4 heteroatoms.